The monoisotopic (exact) mass is 532 g/mol. The van der Waals surface area contributed by atoms with Crippen molar-refractivity contribution in [3.8, 4) is 11.5 Å². The predicted octanol–water partition coefficient (Wildman–Crippen LogP) is 8.87. The summed E-state index contributed by atoms with van der Waals surface area (Å²) in [5, 5.41) is 20.0. The van der Waals surface area contributed by atoms with Crippen LogP contribution in [-0.2, 0) is 47.9 Å². The molecule has 2 aromatic rings. The molecule has 2 nitrogen and oxygen atoms in total. The Morgan fingerprint density at radius 2 is 0.697 bits per heavy atom. The van der Waals surface area contributed by atoms with Gasteiger partial charge < -0.3 is 25.1 Å². The van der Waals surface area contributed by atoms with Crippen LogP contribution in [0.1, 0.15) is 105 Å². The third-order valence-electron chi connectivity index (χ3n) is 5.34. The maximum Gasteiger partial charge on any atom is 2.00 e. The van der Waals surface area contributed by atoms with Crippen molar-refractivity contribution in [2.24, 2.45) is 0 Å². The van der Waals surface area contributed by atoms with Crippen LogP contribution in [0.15, 0.2) is 36.4 Å². The fourth-order valence-electron chi connectivity index (χ4n) is 3.26. The van der Waals surface area contributed by atoms with Crippen molar-refractivity contribution in [2.45, 2.75) is 105 Å². The molecular formula is C30H50O2Zr. The number of aromatic hydroxyl groups is 2. The van der Waals surface area contributed by atoms with Crippen LogP contribution in [0.4, 0.5) is 0 Å². The van der Waals surface area contributed by atoms with Crippen LogP contribution in [0.25, 0.3) is 0 Å². The third kappa shape index (κ3) is 10.8. The Hall–Kier alpha value is -1.08. The first-order valence-corrected chi connectivity index (χ1v) is 10.9. The zero-order valence-corrected chi connectivity index (χ0v) is 26.3. The summed E-state index contributed by atoms with van der Waals surface area (Å²) in [7, 11) is 0. The molecule has 33 heavy (non-hydrogen) atoms. The molecule has 0 radical (unpaired) electrons. The number of benzene rings is 2. The van der Waals surface area contributed by atoms with Gasteiger partial charge in [0, 0.05) is 0 Å². The molecule has 0 amide bonds. The fraction of sp³-hybridized carbons (Fsp3) is 0.533. The first-order valence-electron chi connectivity index (χ1n) is 10.9. The quantitative estimate of drug-likeness (QED) is 0.332. The van der Waals surface area contributed by atoms with Crippen LogP contribution in [0, 0.1) is 14.9 Å². The molecule has 0 heterocycles. The first kappa shape index (κ1) is 36.5. The molecule has 0 aliphatic carbocycles. The SMILES string of the molecule is CC(C)(C)c1ccc(C(C)(C)C)c(O)c1.CC(C)(C)c1ccc(C(C)(C)C)c(O)c1.[CH3-].[CH3-].[Zr+2]. The number of rotatable bonds is 0. The minimum absolute atomic E-state index is 0. The number of hydrogen-bond acceptors (Lipinski definition) is 2. The molecule has 0 saturated carbocycles. The standard InChI is InChI=1S/2C14H22O.2CH3.Zr/c2*1-13(2,3)10-7-8-11(12(15)9-10)14(4,5)6;;;/h2*7-9,15H,1-6H3;2*1H3;/q;;2*-1;+2. The second-order valence-electron chi connectivity index (χ2n) is 12.5. The number of hydrogen-bond donors (Lipinski definition) is 2. The van der Waals surface area contributed by atoms with Gasteiger partial charge in [0.15, 0.2) is 0 Å². The smallest absolute Gasteiger partial charge is 0.508 e. The van der Waals surface area contributed by atoms with E-state index in [-0.39, 0.29) is 62.7 Å². The van der Waals surface area contributed by atoms with Crippen molar-refractivity contribution >= 4 is 0 Å². The first-order chi connectivity index (χ1) is 13.2. The largest absolute Gasteiger partial charge is 2.00 e. The van der Waals surface area contributed by atoms with E-state index in [1.807, 2.05) is 24.3 Å². The Balaban J connectivity index is -0.000000500. The molecule has 3 heteroatoms. The molecule has 2 rings (SSSR count). The van der Waals surface area contributed by atoms with Gasteiger partial charge in [-0.15, -0.1) is 0 Å². The van der Waals surface area contributed by atoms with Gasteiger partial charge in [0.25, 0.3) is 0 Å². The molecule has 0 aromatic heterocycles. The van der Waals surface area contributed by atoms with Crippen LogP contribution in [0.2, 0.25) is 0 Å². The molecule has 0 saturated heterocycles. The topological polar surface area (TPSA) is 40.5 Å². The third-order valence-corrected chi connectivity index (χ3v) is 5.34. The minimum atomic E-state index is 0. The summed E-state index contributed by atoms with van der Waals surface area (Å²) in [6.45, 7) is 25.6. The van der Waals surface area contributed by atoms with Crippen molar-refractivity contribution in [1.29, 1.82) is 0 Å². The van der Waals surface area contributed by atoms with Gasteiger partial charge >= 0.3 is 26.2 Å². The summed E-state index contributed by atoms with van der Waals surface area (Å²) < 4.78 is 0. The molecular weight excluding hydrogens is 484 g/mol. The van der Waals surface area contributed by atoms with Crippen molar-refractivity contribution < 1.29 is 36.4 Å². The maximum absolute atomic E-state index is 9.99. The predicted molar refractivity (Wildman–Crippen MR) is 144 cm³/mol. The Morgan fingerprint density at radius 3 is 0.848 bits per heavy atom. The summed E-state index contributed by atoms with van der Waals surface area (Å²) in [5.41, 5.74) is 4.55. The second-order valence-corrected chi connectivity index (χ2v) is 12.5. The molecule has 0 bridgehead atoms. The average Bonchev–Trinajstić information content (AvgIpc) is 2.51. The summed E-state index contributed by atoms with van der Waals surface area (Å²) in [6.07, 6.45) is 0. The van der Waals surface area contributed by atoms with Crippen molar-refractivity contribution in [3.63, 3.8) is 0 Å². The molecule has 0 unspecified atom stereocenters. The second kappa shape index (κ2) is 12.6. The van der Waals surface area contributed by atoms with E-state index in [0.717, 1.165) is 11.1 Å². The zero-order chi connectivity index (χ0) is 23.7. The van der Waals surface area contributed by atoms with Gasteiger partial charge in [0.05, 0.1) is 0 Å². The van der Waals surface area contributed by atoms with Crippen LogP contribution in [0.3, 0.4) is 0 Å². The van der Waals surface area contributed by atoms with Gasteiger partial charge in [0.1, 0.15) is 11.5 Å². The molecule has 186 valence electrons. The van der Waals surface area contributed by atoms with Gasteiger partial charge in [-0.2, -0.15) is 0 Å². The molecule has 0 atom stereocenters. The van der Waals surface area contributed by atoms with E-state index in [2.05, 4.69) is 95.2 Å². The van der Waals surface area contributed by atoms with E-state index >= 15 is 0 Å². The zero-order valence-electron chi connectivity index (χ0n) is 23.9. The number of phenols is 2. The van der Waals surface area contributed by atoms with E-state index in [1.165, 1.54) is 11.1 Å². The van der Waals surface area contributed by atoms with Crippen molar-refractivity contribution in [2.75, 3.05) is 0 Å². The minimum Gasteiger partial charge on any atom is -0.508 e. The normalized spacial score (nSPS) is 11.8. The molecule has 0 fully saturated rings. The summed E-state index contributed by atoms with van der Waals surface area (Å²) >= 11 is 0. The van der Waals surface area contributed by atoms with E-state index in [4.69, 9.17) is 0 Å². The molecule has 0 aliphatic rings. The molecule has 0 aliphatic heterocycles. The van der Waals surface area contributed by atoms with Crippen molar-refractivity contribution in [3.05, 3.63) is 73.5 Å². The van der Waals surface area contributed by atoms with Gasteiger partial charge in [-0.25, -0.2) is 0 Å². The van der Waals surface area contributed by atoms with Crippen LogP contribution >= 0.6 is 0 Å². The summed E-state index contributed by atoms with van der Waals surface area (Å²) in [6, 6.07) is 12.1. The van der Waals surface area contributed by atoms with E-state index in [9.17, 15) is 10.2 Å². The summed E-state index contributed by atoms with van der Waals surface area (Å²) in [4.78, 5) is 0. The van der Waals surface area contributed by atoms with E-state index in [1.54, 1.807) is 0 Å². The molecule has 2 aromatic carbocycles. The average molecular weight is 534 g/mol. The van der Waals surface area contributed by atoms with Gasteiger partial charge in [-0.1, -0.05) is 107 Å². The maximum atomic E-state index is 9.99. The Morgan fingerprint density at radius 1 is 0.455 bits per heavy atom. The fourth-order valence-corrected chi connectivity index (χ4v) is 3.26. The number of phenolic OH excluding ortho intramolecular Hbond substituents is 2. The Kier molecular flexibility index (Phi) is 13.9. The Labute approximate surface area is 225 Å². The van der Waals surface area contributed by atoms with Gasteiger partial charge in [-0.3, -0.25) is 0 Å². The van der Waals surface area contributed by atoms with E-state index in [0.29, 0.717) is 11.5 Å². The van der Waals surface area contributed by atoms with Crippen LogP contribution in [0.5, 0.6) is 11.5 Å². The Bertz CT molecular complexity index is 781. The molecule has 2 N–H and O–H groups in total. The molecule has 0 spiro atoms. The van der Waals surface area contributed by atoms with Crippen LogP contribution < -0.4 is 0 Å². The van der Waals surface area contributed by atoms with E-state index < -0.39 is 0 Å². The van der Waals surface area contributed by atoms with Crippen molar-refractivity contribution in [1.82, 2.24) is 0 Å². The summed E-state index contributed by atoms with van der Waals surface area (Å²) in [5.74, 6) is 0.824. The van der Waals surface area contributed by atoms with Crippen LogP contribution in [-0.4, -0.2) is 10.2 Å². The van der Waals surface area contributed by atoms with Gasteiger partial charge in [-0.05, 0) is 56.0 Å². The van der Waals surface area contributed by atoms with Gasteiger partial charge in [0.2, 0.25) is 0 Å².